The van der Waals surface area contributed by atoms with Gasteiger partial charge in [0.15, 0.2) is 0 Å². The minimum atomic E-state index is -0.325. The number of aryl methyl sites for hydroxylation is 1. The quantitative estimate of drug-likeness (QED) is 0.873. The molecule has 18 heavy (non-hydrogen) atoms. The highest BCUT2D eigenvalue weighted by atomic mass is 16.5. The Kier molecular flexibility index (Phi) is 3.94. The number of rotatable bonds is 5. The van der Waals surface area contributed by atoms with Gasteiger partial charge in [0.1, 0.15) is 0 Å². The van der Waals surface area contributed by atoms with Crippen LogP contribution in [0, 0.1) is 13.8 Å². The van der Waals surface area contributed by atoms with Gasteiger partial charge in [0.05, 0.1) is 6.61 Å². The van der Waals surface area contributed by atoms with E-state index in [1.54, 1.807) is 0 Å². The Morgan fingerprint density at radius 2 is 2.22 bits per heavy atom. The molecule has 0 saturated heterocycles. The van der Waals surface area contributed by atoms with Crippen LogP contribution in [0.3, 0.4) is 0 Å². The fraction of sp³-hybridized carbons (Fsp3) is 0.643. The zero-order chi connectivity index (χ0) is 13.1. The molecule has 4 heteroatoms. The molecule has 0 bridgehead atoms. The van der Waals surface area contributed by atoms with Gasteiger partial charge in [-0.15, -0.1) is 0 Å². The summed E-state index contributed by atoms with van der Waals surface area (Å²) in [5.41, 5.74) is 4.01. The second-order valence-corrected chi connectivity index (χ2v) is 4.89. The van der Waals surface area contributed by atoms with Crippen LogP contribution in [-0.2, 0) is 11.2 Å². The lowest BCUT2D eigenvalue weighted by Gasteiger charge is -2.08. The molecule has 1 fully saturated rings. The first-order chi connectivity index (χ1) is 8.63. The number of nitrogens with zero attached hydrogens (tertiary/aromatic N) is 1. The Bertz CT molecular complexity index is 433. The van der Waals surface area contributed by atoms with E-state index in [-0.39, 0.29) is 6.09 Å². The number of ether oxygens (including phenoxy) is 1. The topological polar surface area (TPSA) is 43.3 Å². The van der Waals surface area contributed by atoms with Crippen LogP contribution in [0.15, 0.2) is 6.07 Å². The molecule has 1 aliphatic carbocycles. The Hall–Kier alpha value is -1.45. The Balaban J connectivity index is 1.90. The second-order valence-electron chi connectivity index (χ2n) is 4.89. The maximum absolute atomic E-state index is 11.2. The highest BCUT2D eigenvalue weighted by Crippen LogP contribution is 2.38. The van der Waals surface area contributed by atoms with Gasteiger partial charge in [-0.1, -0.05) is 0 Å². The molecule has 0 atom stereocenters. The third kappa shape index (κ3) is 2.86. The first-order valence-corrected chi connectivity index (χ1v) is 6.71. The first kappa shape index (κ1) is 13.0. The number of carbonyl (C=O) groups excluding carboxylic acids is 1. The van der Waals surface area contributed by atoms with Crippen LogP contribution in [0.4, 0.5) is 4.79 Å². The summed E-state index contributed by atoms with van der Waals surface area (Å²) >= 11 is 0. The molecular formula is C14H22N2O2. The second kappa shape index (κ2) is 5.46. The third-order valence-electron chi connectivity index (χ3n) is 3.44. The average Bonchev–Trinajstić information content (AvgIpc) is 3.08. The van der Waals surface area contributed by atoms with E-state index in [1.165, 1.54) is 29.8 Å². The number of hydrogen-bond acceptors (Lipinski definition) is 2. The average molecular weight is 250 g/mol. The van der Waals surface area contributed by atoms with Gasteiger partial charge in [-0.05, 0) is 51.7 Å². The number of aromatic nitrogens is 1. The fourth-order valence-corrected chi connectivity index (χ4v) is 2.47. The van der Waals surface area contributed by atoms with Crippen LogP contribution in [0.25, 0.3) is 0 Å². The molecule has 100 valence electrons. The van der Waals surface area contributed by atoms with E-state index in [0.29, 0.717) is 13.2 Å². The van der Waals surface area contributed by atoms with Crippen LogP contribution < -0.4 is 5.32 Å². The summed E-state index contributed by atoms with van der Waals surface area (Å²) in [5, 5.41) is 2.76. The normalized spacial score (nSPS) is 14.6. The predicted octanol–water partition coefficient (Wildman–Crippen LogP) is 2.73. The first-order valence-electron chi connectivity index (χ1n) is 6.71. The molecule has 1 amide bonds. The molecule has 1 aliphatic rings. The monoisotopic (exact) mass is 250 g/mol. The van der Waals surface area contributed by atoms with Crippen molar-refractivity contribution in [1.82, 2.24) is 9.88 Å². The largest absolute Gasteiger partial charge is 0.450 e. The molecule has 2 rings (SSSR count). The van der Waals surface area contributed by atoms with E-state index < -0.39 is 0 Å². The molecule has 1 N–H and O–H groups in total. The number of alkyl carbamates (subject to hydrolysis) is 1. The number of nitrogens with one attached hydrogen (secondary N) is 1. The van der Waals surface area contributed by atoms with Crippen molar-refractivity contribution in [1.29, 1.82) is 0 Å². The third-order valence-corrected chi connectivity index (χ3v) is 3.44. The van der Waals surface area contributed by atoms with Gasteiger partial charge in [-0.3, -0.25) is 0 Å². The van der Waals surface area contributed by atoms with Gasteiger partial charge in [0.25, 0.3) is 0 Å². The minimum Gasteiger partial charge on any atom is -0.450 e. The summed E-state index contributed by atoms with van der Waals surface area (Å²) in [4.78, 5) is 11.2. The highest BCUT2D eigenvalue weighted by Gasteiger charge is 2.26. The maximum Gasteiger partial charge on any atom is 0.407 e. The molecule has 4 nitrogen and oxygen atoms in total. The van der Waals surface area contributed by atoms with Crippen molar-refractivity contribution in [2.75, 3.05) is 13.2 Å². The van der Waals surface area contributed by atoms with Gasteiger partial charge in [-0.25, -0.2) is 4.79 Å². The van der Waals surface area contributed by atoms with Crippen molar-refractivity contribution in [3.05, 3.63) is 23.0 Å². The Morgan fingerprint density at radius 3 is 2.83 bits per heavy atom. The van der Waals surface area contributed by atoms with Gasteiger partial charge in [0, 0.05) is 24.0 Å². The van der Waals surface area contributed by atoms with E-state index in [9.17, 15) is 4.79 Å². The molecule has 1 aromatic heterocycles. The highest BCUT2D eigenvalue weighted by molar-refractivity contribution is 5.67. The summed E-state index contributed by atoms with van der Waals surface area (Å²) in [6.07, 6.45) is 3.15. The SMILES string of the molecule is CCOC(=O)NCCc1cc(C)n(C2CC2)c1C. The lowest BCUT2D eigenvalue weighted by Crippen LogP contribution is -2.26. The van der Waals surface area contributed by atoms with Crippen molar-refractivity contribution in [3.63, 3.8) is 0 Å². The van der Waals surface area contributed by atoms with E-state index >= 15 is 0 Å². The molecular weight excluding hydrogens is 228 g/mol. The van der Waals surface area contributed by atoms with E-state index in [1.807, 2.05) is 6.92 Å². The summed E-state index contributed by atoms with van der Waals surface area (Å²) in [6, 6.07) is 2.96. The number of hydrogen-bond donors (Lipinski definition) is 1. The van der Waals surface area contributed by atoms with E-state index in [4.69, 9.17) is 4.74 Å². The van der Waals surface area contributed by atoms with E-state index in [2.05, 4.69) is 29.8 Å². The van der Waals surface area contributed by atoms with E-state index in [0.717, 1.165) is 12.5 Å². The molecule has 0 radical (unpaired) electrons. The fourth-order valence-electron chi connectivity index (χ4n) is 2.47. The van der Waals surface area contributed by atoms with Crippen LogP contribution in [-0.4, -0.2) is 23.8 Å². The minimum absolute atomic E-state index is 0.325. The van der Waals surface area contributed by atoms with Gasteiger partial charge in [-0.2, -0.15) is 0 Å². The molecule has 0 aromatic carbocycles. The van der Waals surface area contributed by atoms with Crippen molar-refractivity contribution in [3.8, 4) is 0 Å². The van der Waals surface area contributed by atoms with Crippen molar-refractivity contribution in [2.24, 2.45) is 0 Å². The van der Waals surface area contributed by atoms with Crippen molar-refractivity contribution >= 4 is 6.09 Å². The van der Waals surface area contributed by atoms with Crippen LogP contribution in [0.1, 0.15) is 42.8 Å². The van der Waals surface area contributed by atoms with Crippen LogP contribution in [0.5, 0.6) is 0 Å². The standard InChI is InChI=1S/C14H22N2O2/c1-4-18-14(17)15-8-7-12-9-10(2)16(11(12)3)13-5-6-13/h9,13H,4-8H2,1-3H3,(H,15,17). The molecule has 1 heterocycles. The molecule has 1 aromatic rings. The maximum atomic E-state index is 11.2. The number of amides is 1. The smallest absolute Gasteiger partial charge is 0.407 e. The van der Waals surface area contributed by atoms with Crippen LogP contribution >= 0.6 is 0 Å². The number of carbonyl (C=O) groups is 1. The predicted molar refractivity (Wildman–Crippen MR) is 70.9 cm³/mol. The zero-order valence-corrected chi connectivity index (χ0v) is 11.5. The van der Waals surface area contributed by atoms with Gasteiger partial charge in [0.2, 0.25) is 0 Å². The summed E-state index contributed by atoms with van der Waals surface area (Å²) < 4.78 is 7.26. The zero-order valence-electron chi connectivity index (χ0n) is 11.5. The summed E-state index contributed by atoms with van der Waals surface area (Å²) in [5.74, 6) is 0. The molecule has 1 saturated carbocycles. The molecule has 0 unspecified atom stereocenters. The van der Waals surface area contributed by atoms with Gasteiger partial charge >= 0.3 is 6.09 Å². The molecule has 0 spiro atoms. The summed E-state index contributed by atoms with van der Waals surface area (Å²) in [7, 11) is 0. The lowest BCUT2D eigenvalue weighted by molar-refractivity contribution is 0.152. The Morgan fingerprint density at radius 1 is 1.50 bits per heavy atom. The van der Waals surface area contributed by atoms with Crippen molar-refractivity contribution in [2.45, 2.75) is 46.1 Å². The van der Waals surface area contributed by atoms with Gasteiger partial charge < -0.3 is 14.6 Å². The molecule has 0 aliphatic heterocycles. The summed E-state index contributed by atoms with van der Waals surface area (Å²) in [6.45, 7) is 7.19. The Labute approximate surface area is 108 Å². The van der Waals surface area contributed by atoms with Crippen molar-refractivity contribution < 1.29 is 9.53 Å². The lowest BCUT2D eigenvalue weighted by atomic mass is 10.2. The van der Waals surface area contributed by atoms with Crippen LogP contribution in [0.2, 0.25) is 0 Å².